The molecule has 4 aromatic rings. The molecule has 0 spiro atoms. The van der Waals surface area contributed by atoms with Crippen molar-refractivity contribution in [2.75, 3.05) is 0 Å². The maximum absolute atomic E-state index is 5.30. The molecule has 3 aliphatic carbocycles. The van der Waals surface area contributed by atoms with Gasteiger partial charge in [0.25, 0.3) is 0 Å². The van der Waals surface area contributed by atoms with Crippen LogP contribution in [0.25, 0.3) is 34.1 Å². The number of aryl methyl sites for hydroxylation is 1. The number of allylic oxidation sites excluding steroid dienone is 6. The molecule has 3 aromatic carbocycles. The van der Waals surface area contributed by atoms with Gasteiger partial charge in [0, 0.05) is 11.5 Å². The summed E-state index contributed by atoms with van der Waals surface area (Å²) in [7, 11) is 0. The number of imidazole rings is 1. The van der Waals surface area contributed by atoms with Gasteiger partial charge in [-0.15, -0.1) is 0 Å². The van der Waals surface area contributed by atoms with E-state index in [1.54, 1.807) is 5.57 Å². The first-order valence-electron chi connectivity index (χ1n) is 16.2. The zero-order valence-corrected chi connectivity index (χ0v) is 26.9. The predicted octanol–water partition coefficient (Wildman–Crippen LogP) is 8.88. The molecule has 0 saturated heterocycles. The lowest BCUT2D eigenvalue weighted by molar-refractivity contribution is 0.410. The molecule has 0 radical (unpaired) electrons. The van der Waals surface area contributed by atoms with Crippen LogP contribution in [0, 0.1) is 24.7 Å². The molecule has 0 bridgehead atoms. The van der Waals surface area contributed by atoms with Crippen molar-refractivity contribution in [1.29, 1.82) is 0 Å². The average Bonchev–Trinajstić information content (AvgIpc) is 3.36. The van der Waals surface area contributed by atoms with Crippen molar-refractivity contribution in [2.45, 2.75) is 53.5 Å². The van der Waals surface area contributed by atoms with Crippen LogP contribution in [-0.2, 0) is 5.54 Å². The first kappa shape index (κ1) is 28.3. The summed E-state index contributed by atoms with van der Waals surface area (Å²) in [5.74, 6) is 1.97. The minimum absolute atomic E-state index is 0.134. The highest BCUT2D eigenvalue weighted by Crippen LogP contribution is 2.58. The molecule has 2 heteroatoms. The first-order chi connectivity index (χ1) is 21.4. The zero-order valence-electron chi connectivity index (χ0n) is 26.9. The van der Waals surface area contributed by atoms with Crippen LogP contribution in [0.4, 0.5) is 0 Å². The number of aromatic nitrogens is 2. The molecule has 8 rings (SSSR count). The van der Waals surface area contributed by atoms with Crippen molar-refractivity contribution < 1.29 is 0 Å². The van der Waals surface area contributed by atoms with Crippen LogP contribution in [0.15, 0.2) is 109 Å². The van der Waals surface area contributed by atoms with Crippen LogP contribution in [0.2, 0.25) is 0 Å². The zero-order chi connectivity index (χ0) is 30.9. The second-order valence-electron chi connectivity index (χ2n) is 12.7. The van der Waals surface area contributed by atoms with E-state index in [-0.39, 0.29) is 11.5 Å². The van der Waals surface area contributed by atoms with Gasteiger partial charge in [-0.25, -0.2) is 4.98 Å². The smallest absolute Gasteiger partial charge is 0.139 e. The van der Waals surface area contributed by atoms with Crippen LogP contribution >= 0.6 is 0 Å². The summed E-state index contributed by atoms with van der Waals surface area (Å²) in [4.78, 5) is 5.30. The number of hydrogen-bond acceptors (Lipinski definition) is 1. The van der Waals surface area contributed by atoms with Gasteiger partial charge in [0.15, 0.2) is 0 Å². The number of hydrogen-bond donors (Lipinski definition) is 0. The first-order valence-corrected chi connectivity index (χ1v) is 16.2. The van der Waals surface area contributed by atoms with Gasteiger partial charge in [-0.2, -0.15) is 0 Å². The topological polar surface area (TPSA) is 17.8 Å². The van der Waals surface area contributed by atoms with Crippen molar-refractivity contribution in [2.24, 2.45) is 17.8 Å². The van der Waals surface area contributed by atoms with E-state index in [1.165, 1.54) is 54.6 Å². The SMILES string of the molecule is C=Cc1nc2n(c1C=C)C1(C)C=CCC(C)C3=C1C1C(=CC3C)C(c3ccc4cc(C)ccc4c3)=c3ccccc3=C21.CC. The van der Waals surface area contributed by atoms with Gasteiger partial charge >= 0.3 is 0 Å². The predicted molar refractivity (Wildman–Crippen MR) is 187 cm³/mol. The normalized spacial score (nSPS) is 24.4. The van der Waals surface area contributed by atoms with E-state index in [4.69, 9.17) is 4.98 Å². The second-order valence-corrected chi connectivity index (χ2v) is 12.7. The van der Waals surface area contributed by atoms with Gasteiger partial charge in [-0.3, -0.25) is 0 Å². The third-order valence-corrected chi connectivity index (χ3v) is 10.2. The van der Waals surface area contributed by atoms with Crippen molar-refractivity contribution in [1.82, 2.24) is 9.55 Å². The fourth-order valence-corrected chi connectivity index (χ4v) is 8.55. The molecule has 220 valence electrons. The lowest BCUT2D eigenvalue weighted by Crippen LogP contribution is -2.49. The molecule has 44 heavy (non-hydrogen) atoms. The third kappa shape index (κ3) is 3.76. The highest BCUT2D eigenvalue weighted by Gasteiger charge is 2.51. The summed E-state index contributed by atoms with van der Waals surface area (Å²) in [5.41, 5.74) is 11.4. The minimum atomic E-state index is -0.354. The average molecular weight is 575 g/mol. The van der Waals surface area contributed by atoms with Crippen molar-refractivity contribution in [3.8, 4) is 0 Å². The van der Waals surface area contributed by atoms with Crippen molar-refractivity contribution >= 4 is 34.1 Å². The molecule has 4 aliphatic rings. The highest BCUT2D eigenvalue weighted by atomic mass is 15.2. The lowest BCUT2D eigenvalue weighted by atomic mass is 9.60. The lowest BCUT2D eigenvalue weighted by Gasteiger charge is -2.49. The van der Waals surface area contributed by atoms with Crippen LogP contribution < -0.4 is 10.4 Å². The largest absolute Gasteiger partial charge is 0.311 e. The minimum Gasteiger partial charge on any atom is -0.311 e. The number of nitrogens with zero attached hydrogens (tertiary/aromatic N) is 2. The van der Waals surface area contributed by atoms with E-state index in [2.05, 4.69) is 124 Å². The maximum atomic E-state index is 5.30. The Bertz CT molecular complexity index is 2110. The molecule has 4 unspecified atom stereocenters. The highest BCUT2D eigenvalue weighted by molar-refractivity contribution is 5.94. The molecule has 2 nitrogen and oxygen atoms in total. The van der Waals surface area contributed by atoms with Gasteiger partial charge < -0.3 is 4.57 Å². The molecular weight excluding hydrogens is 532 g/mol. The Morgan fingerprint density at radius 1 is 0.932 bits per heavy atom. The Kier molecular flexibility index (Phi) is 6.66. The van der Waals surface area contributed by atoms with E-state index in [0.29, 0.717) is 11.8 Å². The Labute approximate surface area is 261 Å². The summed E-state index contributed by atoms with van der Waals surface area (Å²) >= 11 is 0. The summed E-state index contributed by atoms with van der Waals surface area (Å²) in [6.07, 6.45) is 12.3. The summed E-state index contributed by atoms with van der Waals surface area (Å²) in [6, 6.07) is 22.8. The van der Waals surface area contributed by atoms with E-state index in [9.17, 15) is 0 Å². The monoisotopic (exact) mass is 574 g/mol. The van der Waals surface area contributed by atoms with E-state index in [1.807, 2.05) is 26.0 Å². The van der Waals surface area contributed by atoms with Crippen molar-refractivity contribution in [3.63, 3.8) is 0 Å². The molecule has 2 heterocycles. The van der Waals surface area contributed by atoms with E-state index < -0.39 is 0 Å². The van der Waals surface area contributed by atoms with Gasteiger partial charge in [0.2, 0.25) is 0 Å². The Morgan fingerprint density at radius 3 is 2.41 bits per heavy atom. The van der Waals surface area contributed by atoms with E-state index >= 15 is 0 Å². The van der Waals surface area contributed by atoms with Crippen LogP contribution in [0.3, 0.4) is 0 Å². The summed E-state index contributed by atoms with van der Waals surface area (Å²) in [5, 5.41) is 5.13. The Hall–Kier alpha value is -4.43. The quantitative estimate of drug-likeness (QED) is 0.224. The van der Waals surface area contributed by atoms with Gasteiger partial charge in [-0.05, 0) is 93.8 Å². The van der Waals surface area contributed by atoms with Crippen LogP contribution in [0.1, 0.15) is 69.4 Å². The summed E-state index contributed by atoms with van der Waals surface area (Å²) in [6.45, 7) is 21.8. The molecule has 1 aliphatic heterocycles. The van der Waals surface area contributed by atoms with Crippen molar-refractivity contribution in [3.05, 3.63) is 148 Å². The molecule has 1 aromatic heterocycles. The van der Waals surface area contributed by atoms with Crippen LogP contribution in [-0.4, -0.2) is 9.55 Å². The molecule has 0 amide bonds. The van der Waals surface area contributed by atoms with Crippen LogP contribution in [0.5, 0.6) is 0 Å². The fourth-order valence-electron chi connectivity index (χ4n) is 8.55. The second kappa shape index (κ2) is 10.3. The Morgan fingerprint density at radius 2 is 1.66 bits per heavy atom. The molecule has 0 fully saturated rings. The molecule has 4 atom stereocenters. The summed E-state index contributed by atoms with van der Waals surface area (Å²) < 4.78 is 2.46. The molecular formula is C42H42N2. The molecule has 0 saturated carbocycles. The number of benzene rings is 3. The third-order valence-electron chi connectivity index (χ3n) is 10.2. The number of fused-ring (bicyclic) bond motifs is 5. The van der Waals surface area contributed by atoms with E-state index in [0.717, 1.165) is 23.6 Å². The molecule has 0 N–H and O–H groups in total. The van der Waals surface area contributed by atoms with Gasteiger partial charge in [0.1, 0.15) is 5.82 Å². The number of rotatable bonds is 3. The standard InChI is InChI=1S/C40H36N2.C2H6/c1-7-32-33(8-2)42-39(41-32)37-30-14-10-9-13-29(30)35(28-18-17-26-20-23(3)15-16-27(26)22-28)31-21-25(5)34-24(4)12-11-19-40(42,6)38(34)36(31)37;1-2/h7-11,13-22,24-25,36H,1-2,12H2,3-6H3;1-2H3. The maximum Gasteiger partial charge on any atom is 0.139 e. The fraction of sp³-hybridized carbons (Fsp3) is 0.262. The Balaban J connectivity index is 0.00000153. The van der Waals surface area contributed by atoms with Gasteiger partial charge in [0.05, 0.1) is 16.9 Å². The van der Waals surface area contributed by atoms with Gasteiger partial charge in [-0.1, -0.05) is 125 Å².